The number of hydrogen-bond acceptors (Lipinski definition) is 4. The van der Waals surface area contributed by atoms with Gasteiger partial charge in [-0.3, -0.25) is 0 Å². The molecule has 0 aromatic carbocycles. The molecule has 0 fully saturated rings. The molecule has 0 aliphatic heterocycles. The van der Waals surface area contributed by atoms with Crippen LogP contribution >= 0.6 is 11.6 Å². The molecule has 2 aromatic rings. The van der Waals surface area contributed by atoms with Gasteiger partial charge in [-0.05, 0) is 17.3 Å². The zero-order valence-electron chi connectivity index (χ0n) is 5.40. The molecule has 11 heavy (non-hydrogen) atoms. The van der Waals surface area contributed by atoms with E-state index >= 15 is 0 Å². The van der Waals surface area contributed by atoms with Crippen LogP contribution in [0, 0.1) is 0 Å². The Kier molecular flexibility index (Phi) is 1.40. The first-order chi connectivity index (χ1) is 5.38. The zero-order chi connectivity index (χ0) is 7.68. The van der Waals surface area contributed by atoms with Gasteiger partial charge in [0.15, 0.2) is 10.8 Å². The first kappa shape index (κ1) is 6.42. The van der Waals surface area contributed by atoms with Crippen LogP contribution in [0.5, 0.6) is 0 Å². The monoisotopic (exact) mass is 166 g/mol. The van der Waals surface area contributed by atoms with E-state index in [0.29, 0.717) is 10.8 Å². The molecule has 0 bridgehead atoms. The van der Waals surface area contributed by atoms with E-state index in [2.05, 4.69) is 20.4 Å². The lowest BCUT2D eigenvalue weighted by molar-refractivity contribution is 0.886. The molecular weight excluding hydrogens is 164 g/mol. The van der Waals surface area contributed by atoms with E-state index in [1.165, 1.54) is 0 Å². The van der Waals surface area contributed by atoms with E-state index in [1.807, 2.05) is 0 Å². The molecule has 0 saturated heterocycles. The third-order valence-electron chi connectivity index (χ3n) is 1.28. The molecule has 0 atom stereocenters. The topological polar surface area (TPSA) is 51.6 Å². The van der Waals surface area contributed by atoms with Gasteiger partial charge < -0.3 is 0 Å². The SMILES string of the molecule is Clc1nnnc2ncccc12. The maximum Gasteiger partial charge on any atom is 0.186 e. The predicted molar refractivity (Wildman–Crippen MR) is 40.1 cm³/mol. The highest BCUT2D eigenvalue weighted by atomic mass is 35.5. The van der Waals surface area contributed by atoms with Crippen molar-refractivity contribution in [3.8, 4) is 0 Å². The van der Waals surface area contributed by atoms with Crippen LogP contribution in [-0.2, 0) is 0 Å². The molecule has 0 amide bonds. The summed E-state index contributed by atoms with van der Waals surface area (Å²) < 4.78 is 0. The highest BCUT2D eigenvalue weighted by Gasteiger charge is 1.99. The van der Waals surface area contributed by atoms with Crippen LogP contribution in [0.25, 0.3) is 11.0 Å². The summed E-state index contributed by atoms with van der Waals surface area (Å²) in [7, 11) is 0. The van der Waals surface area contributed by atoms with Crippen LogP contribution in [0.3, 0.4) is 0 Å². The predicted octanol–water partition coefficient (Wildman–Crippen LogP) is 1.07. The van der Waals surface area contributed by atoms with E-state index in [-0.39, 0.29) is 0 Å². The summed E-state index contributed by atoms with van der Waals surface area (Å²) in [5.74, 6) is 0. The molecule has 2 aromatic heterocycles. The minimum absolute atomic E-state index is 0.336. The molecule has 0 saturated carbocycles. The molecular formula is C6H3ClN4. The summed E-state index contributed by atoms with van der Waals surface area (Å²) in [6, 6.07) is 3.57. The Morgan fingerprint density at radius 1 is 1.27 bits per heavy atom. The summed E-state index contributed by atoms with van der Waals surface area (Å²) >= 11 is 5.70. The molecule has 0 N–H and O–H groups in total. The smallest absolute Gasteiger partial charge is 0.186 e. The Labute approximate surface area is 67.2 Å². The third-order valence-corrected chi connectivity index (χ3v) is 1.56. The van der Waals surface area contributed by atoms with Gasteiger partial charge in [-0.2, -0.15) is 0 Å². The Bertz CT molecular complexity index is 384. The number of nitrogens with zero attached hydrogens (tertiary/aromatic N) is 4. The molecule has 5 heteroatoms. The van der Waals surface area contributed by atoms with Crippen molar-refractivity contribution < 1.29 is 0 Å². The van der Waals surface area contributed by atoms with Gasteiger partial charge in [0.1, 0.15) is 0 Å². The molecule has 0 spiro atoms. The normalized spacial score (nSPS) is 10.3. The Morgan fingerprint density at radius 3 is 3.00 bits per heavy atom. The van der Waals surface area contributed by atoms with Crippen molar-refractivity contribution in [2.45, 2.75) is 0 Å². The minimum atomic E-state index is 0.336. The zero-order valence-corrected chi connectivity index (χ0v) is 6.15. The summed E-state index contributed by atoms with van der Waals surface area (Å²) in [6.45, 7) is 0. The van der Waals surface area contributed by atoms with Gasteiger partial charge in [0, 0.05) is 6.20 Å². The Hall–Kier alpha value is -1.29. The summed E-state index contributed by atoms with van der Waals surface area (Å²) in [5.41, 5.74) is 0.521. The number of rotatable bonds is 0. The quantitative estimate of drug-likeness (QED) is 0.588. The molecule has 54 valence electrons. The fourth-order valence-electron chi connectivity index (χ4n) is 0.796. The van der Waals surface area contributed by atoms with Crippen molar-refractivity contribution in [3.63, 3.8) is 0 Å². The standard InChI is InChI=1S/C6H3ClN4/c7-5-4-2-1-3-8-6(4)10-11-9-5/h1-3H. The first-order valence-corrected chi connectivity index (χ1v) is 3.35. The van der Waals surface area contributed by atoms with Gasteiger partial charge in [-0.15, -0.1) is 10.2 Å². The summed E-state index contributed by atoms with van der Waals surface area (Å²) in [4.78, 5) is 3.94. The third kappa shape index (κ3) is 1.01. The van der Waals surface area contributed by atoms with E-state index in [4.69, 9.17) is 11.6 Å². The van der Waals surface area contributed by atoms with E-state index in [9.17, 15) is 0 Å². The Morgan fingerprint density at radius 2 is 2.18 bits per heavy atom. The molecule has 2 rings (SSSR count). The van der Waals surface area contributed by atoms with Gasteiger partial charge in [-0.25, -0.2) is 4.98 Å². The lowest BCUT2D eigenvalue weighted by atomic mass is 10.3. The van der Waals surface area contributed by atoms with E-state index in [1.54, 1.807) is 18.3 Å². The molecule has 0 aliphatic rings. The maximum atomic E-state index is 5.70. The Balaban J connectivity index is 2.91. The maximum absolute atomic E-state index is 5.70. The number of aromatic nitrogens is 4. The second-order valence-electron chi connectivity index (χ2n) is 1.95. The average molecular weight is 167 g/mol. The molecule has 0 unspecified atom stereocenters. The minimum Gasteiger partial charge on any atom is -0.235 e. The van der Waals surface area contributed by atoms with Gasteiger partial charge in [0.2, 0.25) is 0 Å². The number of halogens is 1. The first-order valence-electron chi connectivity index (χ1n) is 2.97. The van der Waals surface area contributed by atoms with Crippen molar-refractivity contribution in [3.05, 3.63) is 23.5 Å². The van der Waals surface area contributed by atoms with E-state index in [0.717, 1.165) is 5.39 Å². The van der Waals surface area contributed by atoms with Crippen molar-refractivity contribution in [1.29, 1.82) is 0 Å². The van der Waals surface area contributed by atoms with Gasteiger partial charge in [0.05, 0.1) is 5.39 Å². The number of fused-ring (bicyclic) bond motifs is 1. The van der Waals surface area contributed by atoms with Crippen LogP contribution < -0.4 is 0 Å². The van der Waals surface area contributed by atoms with Crippen LogP contribution in [-0.4, -0.2) is 20.4 Å². The van der Waals surface area contributed by atoms with Gasteiger partial charge in [-0.1, -0.05) is 11.6 Å². The highest BCUT2D eigenvalue weighted by Crippen LogP contribution is 2.14. The van der Waals surface area contributed by atoms with Crippen molar-refractivity contribution >= 4 is 22.6 Å². The number of hydrogen-bond donors (Lipinski definition) is 0. The lowest BCUT2D eigenvalue weighted by Crippen LogP contribution is -1.90. The molecule has 4 nitrogen and oxygen atoms in total. The summed E-state index contributed by atoms with van der Waals surface area (Å²) in [6.07, 6.45) is 1.63. The molecule has 2 heterocycles. The van der Waals surface area contributed by atoms with Crippen molar-refractivity contribution in [1.82, 2.24) is 20.4 Å². The van der Waals surface area contributed by atoms with Crippen LogP contribution in [0.1, 0.15) is 0 Å². The van der Waals surface area contributed by atoms with Crippen LogP contribution in [0.2, 0.25) is 5.15 Å². The second kappa shape index (κ2) is 2.39. The van der Waals surface area contributed by atoms with E-state index < -0.39 is 0 Å². The fraction of sp³-hybridized carbons (Fsp3) is 0. The van der Waals surface area contributed by atoms with Crippen molar-refractivity contribution in [2.24, 2.45) is 0 Å². The summed E-state index contributed by atoms with van der Waals surface area (Å²) in [5, 5.41) is 11.7. The second-order valence-corrected chi connectivity index (χ2v) is 2.31. The lowest BCUT2D eigenvalue weighted by Gasteiger charge is -1.92. The highest BCUT2D eigenvalue weighted by molar-refractivity contribution is 6.33. The van der Waals surface area contributed by atoms with Crippen LogP contribution in [0.15, 0.2) is 18.3 Å². The fourth-order valence-corrected chi connectivity index (χ4v) is 0.977. The molecule has 0 radical (unpaired) electrons. The van der Waals surface area contributed by atoms with Gasteiger partial charge >= 0.3 is 0 Å². The molecule has 0 aliphatic carbocycles. The number of pyridine rings is 1. The average Bonchev–Trinajstić information content (AvgIpc) is 2.06. The largest absolute Gasteiger partial charge is 0.235 e. The van der Waals surface area contributed by atoms with Gasteiger partial charge in [0.25, 0.3) is 0 Å². The van der Waals surface area contributed by atoms with Crippen molar-refractivity contribution in [2.75, 3.05) is 0 Å². The van der Waals surface area contributed by atoms with Crippen LogP contribution in [0.4, 0.5) is 0 Å².